The van der Waals surface area contributed by atoms with Crippen LogP contribution < -0.4 is 5.56 Å². The summed E-state index contributed by atoms with van der Waals surface area (Å²) in [4.78, 5) is 20.6. The first kappa shape index (κ1) is 16.0. The van der Waals surface area contributed by atoms with Gasteiger partial charge in [0.1, 0.15) is 10.9 Å². The molecular weight excluding hydrogens is 342 g/mol. The molecule has 0 radical (unpaired) electrons. The molecule has 4 nitrogen and oxygen atoms in total. The van der Waals surface area contributed by atoms with Crippen molar-refractivity contribution in [2.45, 2.75) is 0 Å². The third kappa shape index (κ3) is 2.73. The van der Waals surface area contributed by atoms with E-state index in [2.05, 4.69) is 16.0 Å². The van der Waals surface area contributed by atoms with Crippen molar-refractivity contribution in [2.75, 3.05) is 0 Å². The summed E-state index contributed by atoms with van der Waals surface area (Å²) in [6.07, 6.45) is 3.39. The van der Waals surface area contributed by atoms with Gasteiger partial charge < -0.3 is 4.98 Å². The lowest BCUT2D eigenvalue weighted by Crippen LogP contribution is -2.11. The number of thiophene rings is 1. The minimum Gasteiger partial charge on any atom is -0.328 e. The average molecular weight is 355 g/mol. The van der Waals surface area contributed by atoms with E-state index in [9.17, 15) is 10.1 Å². The molecule has 3 heterocycles. The van der Waals surface area contributed by atoms with Gasteiger partial charge >= 0.3 is 0 Å². The highest BCUT2D eigenvalue weighted by molar-refractivity contribution is 7.11. The molecule has 0 amide bonds. The van der Waals surface area contributed by atoms with Crippen LogP contribution in [0.2, 0.25) is 0 Å². The third-order valence-electron chi connectivity index (χ3n) is 4.13. The first-order valence-corrected chi connectivity index (χ1v) is 8.88. The van der Waals surface area contributed by atoms with Gasteiger partial charge in [-0.3, -0.25) is 9.78 Å². The van der Waals surface area contributed by atoms with Crippen molar-refractivity contribution in [2.24, 2.45) is 0 Å². The first-order valence-electron chi connectivity index (χ1n) is 8.00. The standard InChI is InChI=1S/C21H13N3OS/c22-12-18-15(9-11-26-18)20-16(17-8-4-5-10-23-17)13-24-21(25)19(20)14-6-2-1-3-7-14/h1-11,13H,(H,24,25). The molecule has 0 saturated carbocycles. The quantitative estimate of drug-likeness (QED) is 0.579. The van der Waals surface area contributed by atoms with Crippen LogP contribution in [0, 0.1) is 11.3 Å². The predicted molar refractivity (Wildman–Crippen MR) is 104 cm³/mol. The van der Waals surface area contributed by atoms with E-state index in [1.165, 1.54) is 11.3 Å². The summed E-state index contributed by atoms with van der Waals surface area (Å²) in [7, 11) is 0. The Balaban J connectivity index is 2.13. The Hall–Kier alpha value is -3.49. The fourth-order valence-electron chi connectivity index (χ4n) is 3.01. The highest BCUT2D eigenvalue weighted by Gasteiger charge is 2.21. The van der Waals surface area contributed by atoms with Crippen LogP contribution >= 0.6 is 11.3 Å². The second-order valence-corrected chi connectivity index (χ2v) is 6.55. The average Bonchev–Trinajstić information content (AvgIpc) is 3.17. The summed E-state index contributed by atoms with van der Waals surface area (Å²) >= 11 is 1.36. The molecule has 0 aliphatic carbocycles. The molecule has 4 aromatic rings. The summed E-state index contributed by atoms with van der Waals surface area (Å²) in [5.74, 6) is 0. The molecule has 0 fully saturated rings. The maximum atomic E-state index is 12.8. The number of nitriles is 1. The van der Waals surface area contributed by atoms with E-state index < -0.39 is 0 Å². The minimum atomic E-state index is -0.194. The van der Waals surface area contributed by atoms with E-state index in [0.717, 1.165) is 27.9 Å². The number of hydrogen-bond donors (Lipinski definition) is 1. The molecule has 1 aromatic carbocycles. The molecule has 0 atom stereocenters. The van der Waals surface area contributed by atoms with E-state index in [4.69, 9.17) is 0 Å². The van der Waals surface area contributed by atoms with Gasteiger partial charge in [-0.1, -0.05) is 36.4 Å². The minimum absolute atomic E-state index is 0.194. The zero-order chi connectivity index (χ0) is 17.9. The Bertz CT molecular complexity index is 1160. The van der Waals surface area contributed by atoms with Crippen molar-refractivity contribution in [1.29, 1.82) is 5.26 Å². The fraction of sp³-hybridized carbons (Fsp3) is 0. The molecule has 5 heteroatoms. The molecule has 0 spiro atoms. The summed E-state index contributed by atoms with van der Waals surface area (Å²) in [5.41, 5.74) is 4.17. The molecule has 0 aliphatic rings. The van der Waals surface area contributed by atoms with Crippen LogP contribution in [0.15, 0.2) is 77.2 Å². The molecular formula is C21H13N3OS. The van der Waals surface area contributed by atoms with Gasteiger partial charge in [0.15, 0.2) is 0 Å². The largest absolute Gasteiger partial charge is 0.328 e. The third-order valence-corrected chi connectivity index (χ3v) is 4.95. The number of rotatable bonds is 3. The van der Waals surface area contributed by atoms with Crippen LogP contribution in [0.25, 0.3) is 33.5 Å². The summed E-state index contributed by atoms with van der Waals surface area (Å²) in [5, 5.41) is 11.4. The number of pyridine rings is 2. The lowest BCUT2D eigenvalue weighted by Gasteiger charge is -2.14. The van der Waals surface area contributed by atoms with Crippen molar-refractivity contribution in [1.82, 2.24) is 9.97 Å². The fourth-order valence-corrected chi connectivity index (χ4v) is 3.70. The van der Waals surface area contributed by atoms with Crippen molar-refractivity contribution < 1.29 is 0 Å². The van der Waals surface area contributed by atoms with Gasteiger partial charge in [0, 0.05) is 29.1 Å². The molecule has 0 aliphatic heterocycles. The molecule has 124 valence electrons. The number of H-pyrrole nitrogens is 1. The van der Waals surface area contributed by atoms with Gasteiger partial charge in [-0.25, -0.2) is 0 Å². The zero-order valence-corrected chi connectivity index (χ0v) is 14.5. The topological polar surface area (TPSA) is 69.5 Å². The van der Waals surface area contributed by atoms with Gasteiger partial charge in [-0.15, -0.1) is 11.3 Å². The maximum absolute atomic E-state index is 12.8. The lowest BCUT2D eigenvalue weighted by molar-refractivity contribution is 1.22. The van der Waals surface area contributed by atoms with Crippen molar-refractivity contribution in [3.8, 4) is 39.6 Å². The van der Waals surface area contributed by atoms with E-state index in [-0.39, 0.29) is 5.56 Å². The lowest BCUT2D eigenvalue weighted by atomic mass is 9.91. The summed E-state index contributed by atoms with van der Waals surface area (Å²) < 4.78 is 0. The normalized spacial score (nSPS) is 10.4. The Labute approximate surface area is 154 Å². The van der Waals surface area contributed by atoms with E-state index >= 15 is 0 Å². The number of benzene rings is 1. The van der Waals surface area contributed by atoms with Gasteiger partial charge in [-0.2, -0.15) is 5.26 Å². The second kappa shape index (κ2) is 6.79. The molecule has 26 heavy (non-hydrogen) atoms. The van der Waals surface area contributed by atoms with Gasteiger partial charge in [0.2, 0.25) is 0 Å². The Morgan fingerprint density at radius 2 is 1.77 bits per heavy atom. The molecule has 3 aromatic heterocycles. The monoisotopic (exact) mass is 355 g/mol. The van der Waals surface area contributed by atoms with Gasteiger partial charge in [0.05, 0.1) is 11.3 Å². The van der Waals surface area contributed by atoms with Crippen LogP contribution in [-0.2, 0) is 0 Å². The van der Waals surface area contributed by atoms with Crippen molar-refractivity contribution in [3.05, 3.63) is 87.6 Å². The Morgan fingerprint density at radius 1 is 0.962 bits per heavy atom. The number of hydrogen-bond acceptors (Lipinski definition) is 4. The zero-order valence-electron chi connectivity index (χ0n) is 13.6. The van der Waals surface area contributed by atoms with E-state index in [0.29, 0.717) is 10.4 Å². The predicted octanol–water partition coefficient (Wildman–Crippen LogP) is 4.70. The molecule has 1 N–H and O–H groups in total. The summed E-state index contributed by atoms with van der Waals surface area (Å²) in [6.45, 7) is 0. The number of nitrogens with zero attached hydrogens (tertiary/aromatic N) is 2. The molecule has 0 saturated heterocycles. The van der Waals surface area contributed by atoms with Gasteiger partial charge in [-0.05, 0) is 29.1 Å². The van der Waals surface area contributed by atoms with Crippen LogP contribution in [0.3, 0.4) is 0 Å². The Kier molecular flexibility index (Phi) is 4.18. The first-order chi connectivity index (χ1) is 12.8. The molecule has 0 bridgehead atoms. The highest BCUT2D eigenvalue weighted by atomic mass is 32.1. The molecule has 0 unspecified atom stereocenters. The maximum Gasteiger partial charge on any atom is 0.256 e. The SMILES string of the molecule is N#Cc1sccc1-c1c(-c2ccccn2)c[nH]c(=O)c1-c1ccccc1. The summed E-state index contributed by atoms with van der Waals surface area (Å²) in [6, 6.07) is 19.3. The molecule has 4 rings (SSSR count). The second-order valence-electron chi connectivity index (χ2n) is 5.64. The Morgan fingerprint density at radius 3 is 2.50 bits per heavy atom. The smallest absolute Gasteiger partial charge is 0.256 e. The highest BCUT2D eigenvalue weighted by Crippen LogP contribution is 2.39. The van der Waals surface area contributed by atoms with Crippen molar-refractivity contribution in [3.63, 3.8) is 0 Å². The van der Waals surface area contributed by atoms with E-state index in [1.807, 2.05) is 60.0 Å². The van der Waals surface area contributed by atoms with Gasteiger partial charge in [0.25, 0.3) is 5.56 Å². The van der Waals surface area contributed by atoms with Crippen molar-refractivity contribution >= 4 is 11.3 Å². The van der Waals surface area contributed by atoms with Crippen LogP contribution in [0.5, 0.6) is 0 Å². The number of nitrogens with one attached hydrogen (secondary N) is 1. The number of aromatic amines is 1. The number of aromatic nitrogens is 2. The van der Waals surface area contributed by atoms with E-state index in [1.54, 1.807) is 12.4 Å². The van der Waals surface area contributed by atoms with Crippen LogP contribution in [0.4, 0.5) is 0 Å². The van der Waals surface area contributed by atoms with Crippen LogP contribution in [0.1, 0.15) is 4.88 Å². The van der Waals surface area contributed by atoms with Crippen LogP contribution in [-0.4, -0.2) is 9.97 Å².